The van der Waals surface area contributed by atoms with Gasteiger partial charge in [0.2, 0.25) is 0 Å². The molecule has 4 rings (SSSR count). The van der Waals surface area contributed by atoms with Crippen molar-refractivity contribution in [3.8, 4) is 0 Å². The third kappa shape index (κ3) is 7.00. The van der Waals surface area contributed by atoms with Crippen molar-refractivity contribution in [2.45, 2.75) is 25.4 Å². The molecule has 0 aromatic heterocycles. The summed E-state index contributed by atoms with van der Waals surface area (Å²) in [5.74, 6) is -1.87. The Bertz CT molecular complexity index is 1070. The van der Waals surface area contributed by atoms with Gasteiger partial charge in [0.15, 0.2) is 0 Å². The molecule has 0 aliphatic carbocycles. The normalized spacial score (nSPS) is 21.2. The highest BCUT2D eigenvalue weighted by Crippen LogP contribution is 2.31. The number of alkyl halides is 3. The number of carbonyl (C=O) groups excluding carboxylic acids is 2. The van der Waals surface area contributed by atoms with E-state index in [0.29, 0.717) is 19.5 Å². The van der Waals surface area contributed by atoms with Crippen molar-refractivity contribution in [1.82, 2.24) is 4.90 Å². The lowest BCUT2D eigenvalue weighted by Crippen LogP contribution is -3.15. The average Bonchev–Trinajstić information content (AvgIpc) is 2.88. The van der Waals surface area contributed by atoms with E-state index < -0.39 is 17.7 Å². The molecule has 200 valence electrons. The number of quaternary nitrogens is 1. The molecular formula is C27H31F4N3O3. The van der Waals surface area contributed by atoms with Gasteiger partial charge in [0.25, 0.3) is 5.91 Å². The summed E-state index contributed by atoms with van der Waals surface area (Å²) >= 11 is 0. The van der Waals surface area contributed by atoms with Crippen molar-refractivity contribution in [2.24, 2.45) is 11.8 Å². The van der Waals surface area contributed by atoms with E-state index in [1.54, 1.807) is 17.0 Å². The Labute approximate surface area is 213 Å². The first-order valence-electron chi connectivity index (χ1n) is 12.6. The zero-order valence-electron chi connectivity index (χ0n) is 20.5. The van der Waals surface area contributed by atoms with E-state index in [0.717, 1.165) is 57.0 Å². The number of anilines is 1. The lowest BCUT2D eigenvalue weighted by atomic mass is 9.81. The minimum atomic E-state index is -4.47. The van der Waals surface area contributed by atoms with Gasteiger partial charge in [-0.25, -0.2) is 4.39 Å². The molecule has 2 atom stereocenters. The van der Waals surface area contributed by atoms with Gasteiger partial charge in [0, 0.05) is 36.7 Å². The number of nitrogens with zero attached hydrogens (tertiary/aromatic N) is 2. The maximum absolute atomic E-state index is 13.2. The molecule has 1 N–H and O–H groups in total. The molecule has 0 saturated carbocycles. The van der Waals surface area contributed by atoms with Crippen LogP contribution >= 0.6 is 0 Å². The quantitative estimate of drug-likeness (QED) is 0.565. The molecule has 6 nitrogen and oxygen atoms in total. The summed E-state index contributed by atoms with van der Waals surface area (Å²) in [6, 6.07) is 10.6. The van der Waals surface area contributed by atoms with Crippen molar-refractivity contribution in [3.05, 3.63) is 65.5 Å². The molecular weight excluding hydrogens is 490 g/mol. The van der Waals surface area contributed by atoms with Crippen LogP contribution in [-0.4, -0.2) is 62.6 Å². The molecule has 2 aliphatic rings. The van der Waals surface area contributed by atoms with E-state index in [9.17, 15) is 32.3 Å². The highest BCUT2D eigenvalue weighted by Gasteiger charge is 2.34. The topological polar surface area (TPSA) is 68.1 Å². The van der Waals surface area contributed by atoms with E-state index >= 15 is 0 Å². The average molecular weight is 522 g/mol. The number of benzene rings is 2. The van der Waals surface area contributed by atoms with Crippen molar-refractivity contribution < 1.29 is 37.2 Å². The number of piperidine rings is 1. The number of halogens is 4. The van der Waals surface area contributed by atoms with E-state index in [1.807, 2.05) is 0 Å². The Morgan fingerprint density at radius 1 is 0.946 bits per heavy atom. The van der Waals surface area contributed by atoms with Crippen molar-refractivity contribution in [2.75, 3.05) is 50.7 Å². The van der Waals surface area contributed by atoms with Crippen LogP contribution in [-0.2, 0) is 11.0 Å². The van der Waals surface area contributed by atoms with Gasteiger partial charge in [0.05, 0.1) is 38.3 Å². The van der Waals surface area contributed by atoms with Gasteiger partial charge in [-0.05, 0) is 73.2 Å². The molecule has 0 bridgehead atoms. The van der Waals surface area contributed by atoms with Gasteiger partial charge in [-0.1, -0.05) is 0 Å². The number of carboxylic acids is 1. The first kappa shape index (κ1) is 26.9. The molecule has 10 heteroatoms. The lowest BCUT2D eigenvalue weighted by molar-refractivity contribution is -0.901. The molecule has 2 heterocycles. The second kappa shape index (κ2) is 11.5. The molecule has 2 saturated heterocycles. The number of nitrogens with one attached hydrogen (secondary N) is 1. The Kier molecular flexibility index (Phi) is 8.36. The second-order valence-corrected chi connectivity index (χ2v) is 9.96. The fourth-order valence-electron chi connectivity index (χ4n) is 5.43. The molecule has 2 aromatic rings. The number of aliphatic carboxylic acids is 1. The molecule has 0 radical (unpaired) electrons. The Morgan fingerprint density at radius 3 is 2.19 bits per heavy atom. The van der Waals surface area contributed by atoms with Crippen LogP contribution in [0.1, 0.15) is 35.2 Å². The molecule has 2 aromatic carbocycles. The van der Waals surface area contributed by atoms with Crippen LogP contribution < -0.4 is 14.9 Å². The number of likely N-dealkylation sites (tertiary alicyclic amines) is 1. The number of carboxylic acid groups (broad SMARTS) is 1. The molecule has 0 spiro atoms. The molecule has 2 fully saturated rings. The van der Waals surface area contributed by atoms with E-state index in [2.05, 4.69) is 4.90 Å². The van der Waals surface area contributed by atoms with E-state index in [4.69, 9.17) is 0 Å². The predicted molar refractivity (Wildman–Crippen MR) is 127 cm³/mol. The Morgan fingerprint density at radius 2 is 1.59 bits per heavy atom. The van der Waals surface area contributed by atoms with Crippen molar-refractivity contribution in [1.29, 1.82) is 0 Å². The van der Waals surface area contributed by atoms with Gasteiger partial charge in [-0.2, -0.15) is 13.2 Å². The fourth-order valence-corrected chi connectivity index (χ4v) is 5.43. The summed E-state index contributed by atoms with van der Waals surface area (Å²) < 4.78 is 51.8. The summed E-state index contributed by atoms with van der Waals surface area (Å²) in [4.78, 5) is 29.6. The Balaban J connectivity index is 1.34. The lowest BCUT2D eigenvalue weighted by Gasteiger charge is -2.40. The van der Waals surface area contributed by atoms with Gasteiger partial charge < -0.3 is 24.6 Å². The summed E-state index contributed by atoms with van der Waals surface area (Å²) in [6.45, 7) is 4.99. The second-order valence-electron chi connectivity index (χ2n) is 9.96. The minimum absolute atomic E-state index is 0.0346. The summed E-state index contributed by atoms with van der Waals surface area (Å²) in [5.41, 5.74) is 0.365. The van der Waals surface area contributed by atoms with Crippen LogP contribution in [0.25, 0.3) is 0 Å². The third-order valence-corrected chi connectivity index (χ3v) is 7.60. The highest BCUT2D eigenvalue weighted by atomic mass is 19.4. The van der Waals surface area contributed by atoms with E-state index in [1.165, 1.54) is 29.2 Å². The predicted octanol–water partition coefficient (Wildman–Crippen LogP) is 1.86. The maximum Gasteiger partial charge on any atom is 0.416 e. The smallest absolute Gasteiger partial charge is 0.416 e. The molecule has 2 aliphatic heterocycles. The van der Waals surface area contributed by atoms with Crippen LogP contribution in [0, 0.1) is 17.7 Å². The zero-order valence-corrected chi connectivity index (χ0v) is 20.5. The van der Waals surface area contributed by atoms with Crippen LogP contribution in [0.4, 0.5) is 23.2 Å². The fraction of sp³-hybridized carbons (Fsp3) is 0.481. The zero-order chi connectivity index (χ0) is 26.6. The third-order valence-electron chi connectivity index (χ3n) is 7.60. The molecule has 37 heavy (non-hydrogen) atoms. The van der Waals surface area contributed by atoms with Crippen LogP contribution in [0.3, 0.4) is 0 Å². The monoisotopic (exact) mass is 521 g/mol. The van der Waals surface area contributed by atoms with Gasteiger partial charge in [0.1, 0.15) is 5.82 Å². The largest absolute Gasteiger partial charge is 0.550 e. The number of amides is 1. The SMILES string of the molecule is O=C([O-])C[C@@H]1CCN(C(=O)c2ccc(C(F)(F)F)cc2)C[C@@H]1CC[NH+]1CCN(c2ccc(F)cc2)CC1. The first-order chi connectivity index (χ1) is 17.6. The molecule has 1 amide bonds. The van der Waals surface area contributed by atoms with E-state index in [-0.39, 0.29) is 35.5 Å². The summed E-state index contributed by atoms with van der Waals surface area (Å²) in [5, 5.41) is 11.3. The first-order valence-corrected chi connectivity index (χ1v) is 12.6. The number of hydrogen-bond acceptors (Lipinski definition) is 4. The summed E-state index contributed by atoms with van der Waals surface area (Å²) in [6.07, 6.45) is -3.29. The minimum Gasteiger partial charge on any atom is -0.550 e. The number of hydrogen-bond donors (Lipinski definition) is 1. The van der Waals surface area contributed by atoms with Crippen LogP contribution in [0.15, 0.2) is 48.5 Å². The standard InChI is InChI=1S/C27H31F4N3O3/c28-23-5-7-24(8-6-23)33-15-13-32(14-16-33)11-9-21-18-34(12-10-20(21)17-25(35)36)26(37)19-1-3-22(4-2-19)27(29,30)31/h1-8,20-21H,9-18H2,(H,35,36)/t20-,21-/m0/s1. The number of rotatable bonds is 7. The molecule has 0 unspecified atom stereocenters. The number of piperazine rings is 1. The highest BCUT2D eigenvalue weighted by molar-refractivity contribution is 5.94. The van der Waals surface area contributed by atoms with Crippen LogP contribution in [0.2, 0.25) is 0 Å². The van der Waals surface area contributed by atoms with Gasteiger partial charge >= 0.3 is 6.18 Å². The number of carbonyl (C=O) groups is 2. The van der Waals surface area contributed by atoms with Crippen molar-refractivity contribution >= 4 is 17.6 Å². The summed E-state index contributed by atoms with van der Waals surface area (Å²) in [7, 11) is 0. The van der Waals surface area contributed by atoms with Gasteiger partial charge in [-0.15, -0.1) is 0 Å². The van der Waals surface area contributed by atoms with Crippen molar-refractivity contribution in [3.63, 3.8) is 0 Å². The van der Waals surface area contributed by atoms with Crippen LogP contribution in [0.5, 0.6) is 0 Å². The maximum atomic E-state index is 13.2. The van der Waals surface area contributed by atoms with Gasteiger partial charge in [-0.3, -0.25) is 4.79 Å². The Hall–Kier alpha value is -3.14.